The fourth-order valence-electron chi connectivity index (χ4n) is 2.78. The molecule has 6 nitrogen and oxygen atoms in total. The molecule has 33 heavy (non-hydrogen) atoms. The monoisotopic (exact) mass is 487 g/mol. The van der Waals surface area contributed by atoms with Crippen LogP contribution in [0.3, 0.4) is 0 Å². The van der Waals surface area contributed by atoms with E-state index >= 15 is 0 Å². The summed E-state index contributed by atoms with van der Waals surface area (Å²) in [5, 5.41) is 3.59. The van der Waals surface area contributed by atoms with Gasteiger partial charge in [-0.15, -0.1) is 0 Å². The Bertz CT molecular complexity index is 1060. The van der Waals surface area contributed by atoms with Crippen molar-refractivity contribution >= 4 is 40.8 Å². The number of nitrogens with one attached hydrogen (secondary N) is 1. The summed E-state index contributed by atoms with van der Waals surface area (Å²) in [5.74, 6) is 0.266. The Morgan fingerprint density at radius 2 is 1.64 bits per heavy atom. The predicted octanol–water partition coefficient (Wildman–Crippen LogP) is 5.91. The fourth-order valence-corrected chi connectivity index (χ4v) is 3.24. The Hall–Kier alpha value is -3.22. The minimum Gasteiger partial charge on any atom is -0.492 e. The maximum absolute atomic E-state index is 12.0. The maximum atomic E-state index is 12.0. The number of esters is 1. The normalized spacial score (nSPS) is 10.4. The number of halogens is 2. The molecule has 1 amide bonds. The summed E-state index contributed by atoms with van der Waals surface area (Å²) in [7, 11) is 0. The van der Waals surface area contributed by atoms with Gasteiger partial charge < -0.3 is 19.5 Å². The number of carbonyl (C=O) groups is 2. The van der Waals surface area contributed by atoms with Crippen molar-refractivity contribution in [1.82, 2.24) is 0 Å². The van der Waals surface area contributed by atoms with Crippen LogP contribution in [-0.2, 0) is 20.9 Å². The van der Waals surface area contributed by atoms with Gasteiger partial charge in [0.2, 0.25) is 0 Å². The van der Waals surface area contributed by atoms with Crippen LogP contribution < -0.4 is 14.8 Å². The molecule has 0 aliphatic heterocycles. The van der Waals surface area contributed by atoms with E-state index in [-0.39, 0.29) is 19.6 Å². The molecule has 3 rings (SSSR count). The highest BCUT2D eigenvalue weighted by Crippen LogP contribution is 2.27. The second-order valence-corrected chi connectivity index (χ2v) is 7.88. The van der Waals surface area contributed by atoms with E-state index in [9.17, 15) is 9.59 Å². The number of ether oxygens (including phenoxy) is 3. The first-order chi connectivity index (χ1) is 16.0. The third-order valence-corrected chi connectivity index (χ3v) is 4.96. The van der Waals surface area contributed by atoms with Crippen LogP contribution in [0.1, 0.15) is 18.4 Å². The fraction of sp³-hybridized carbons (Fsp3) is 0.200. The molecule has 8 heteroatoms. The van der Waals surface area contributed by atoms with Crippen LogP contribution in [-0.4, -0.2) is 25.1 Å². The number of anilines is 1. The van der Waals surface area contributed by atoms with Gasteiger partial charge in [0, 0.05) is 17.1 Å². The van der Waals surface area contributed by atoms with E-state index in [4.69, 9.17) is 37.4 Å². The van der Waals surface area contributed by atoms with E-state index < -0.39 is 11.9 Å². The van der Waals surface area contributed by atoms with Gasteiger partial charge in [0.25, 0.3) is 5.91 Å². The zero-order valence-electron chi connectivity index (χ0n) is 17.8. The Morgan fingerprint density at radius 1 is 0.879 bits per heavy atom. The molecular weight excluding hydrogens is 465 g/mol. The van der Waals surface area contributed by atoms with Crippen molar-refractivity contribution in [3.05, 3.63) is 88.4 Å². The quantitative estimate of drug-likeness (QED) is 0.268. The van der Waals surface area contributed by atoms with Crippen molar-refractivity contribution in [2.75, 3.05) is 18.5 Å². The summed E-state index contributed by atoms with van der Waals surface area (Å²) in [6.45, 7) is 0.372. The van der Waals surface area contributed by atoms with Crippen LogP contribution in [0.5, 0.6) is 11.5 Å². The summed E-state index contributed by atoms with van der Waals surface area (Å²) in [4.78, 5) is 23.9. The summed E-state index contributed by atoms with van der Waals surface area (Å²) < 4.78 is 16.2. The average Bonchev–Trinajstić information content (AvgIpc) is 2.82. The predicted molar refractivity (Wildman–Crippen MR) is 128 cm³/mol. The number of amides is 1. The molecule has 0 saturated carbocycles. The second-order valence-electron chi connectivity index (χ2n) is 7.03. The van der Waals surface area contributed by atoms with Gasteiger partial charge in [0.15, 0.2) is 6.61 Å². The van der Waals surface area contributed by atoms with Crippen molar-refractivity contribution in [3.63, 3.8) is 0 Å². The minimum atomic E-state index is -0.486. The lowest BCUT2D eigenvalue weighted by molar-refractivity contribution is -0.147. The van der Waals surface area contributed by atoms with E-state index in [1.807, 2.05) is 30.3 Å². The van der Waals surface area contributed by atoms with Gasteiger partial charge >= 0.3 is 5.97 Å². The van der Waals surface area contributed by atoms with Crippen molar-refractivity contribution in [2.24, 2.45) is 0 Å². The molecule has 0 saturated heterocycles. The van der Waals surface area contributed by atoms with Gasteiger partial charge in [-0.25, -0.2) is 0 Å². The Balaban J connectivity index is 1.31. The molecule has 0 unspecified atom stereocenters. The molecule has 172 valence electrons. The lowest BCUT2D eigenvalue weighted by atomic mass is 10.2. The zero-order chi connectivity index (χ0) is 23.5. The van der Waals surface area contributed by atoms with E-state index in [1.54, 1.807) is 42.5 Å². The first kappa shape index (κ1) is 24.4. The second kappa shape index (κ2) is 12.7. The Kier molecular flexibility index (Phi) is 9.42. The number of rotatable bonds is 11. The van der Waals surface area contributed by atoms with Gasteiger partial charge in [-0.3, -0.25) is 9.59 Å². The van der Waals surface area contributed by atoms with E-state index in [2.05, 4.69) is 5.32 Å². The zero-order valence-corrected chi connectivity index (χ0v) is 19.3. The van der Waals surface area contributed by atoms with Crippen molar-refractivity contribution in [2.45, 2.75) is 19.4 Å². The highest BCUT2D eigenvalue weighted by molar-refractivity contribution is 6.35. The van der Waals surface area contributed by atoms with Crippen molar-refractivity contribution in [3.8, 4) is 11.5 Å². The van der Waals surface area contributed by atoms with Gasteiger partial charge in [-0.2, -0.15) is 0 Å². The third kappa shape index (κ3) is 8.67. The van der Waals surface area contributed by atoms with Crippen LogP contribution in [0.2, 0.25) is 10.0 Å². The van der Waals surface area contributed by atoms with Crippen LogP contribution >= 0.6 is 23.2 Å². The molecule has 1 N–H and O–H groups in total. The van der Waals surface area contributed by atoms with Crippen LogP contribution in [0.4, 0.5) is 5.69 Å². The van der Waals surface area contributed by atoms with Gasteiger partial charge in [0.05, 0.1) is 11.6 Å². The molecule has 0 aliphatic carbocycles. The largest absolute Gasteiger partial charge is 0.492 e. The summed E-state index contributed by atoms with van der Waals surface area (Å²) in [6.07, 6.45) is 0.537. The highest BCUT2D eigenvalue weighted by atomic mass is 35.5. The molecular formula is C25H23Cl2NO5. The maximum Gasteiger partial charge on any atom is 0.306 e. The molecule has 3 aromatic carbocycles. The summed E-state index contributed by atoms with van der Waals surface area (Å²) in [6, 6.07) is 21.7. The number of benzene rings is 3. The topological polar surface area (TPSA) is 73.9 Å². The van der Waals surface area contributed by atoms with Gasteiger partial charge in [-0.1, -0.05) is 53.5 Å². The lowest BCUT2D eigenvalue weighted by Gasteiger charge is -2.09. The first-order valence-electron chi connectivity index (χ1n) is 10.3. The number of hydrogen-bond acceptors (Lipinski definition) is 5. The first-order valence-corrected chi connectivity index (χ1v) is 11.1. The Labute approximate surface area is 202 Å². The van der Waals surface area contributed by atoms with Crippen molar-refractivity contribution in [1.29, 1.82) is 0 Å². The van der Waals surface area contributed by atoms with Crippen LogP contribution in [0.15, 0.2) is 72.8 Å². The molecule has 0 aliphatic rings. The molecule has 0 radical (unpaired) electrons. The molecule has 0 fully saturated rings. The highest BCUT2D eigenvalue weighted by Gasteiger charge is 2.09. The number of carbonyl (C=O) groups excluding carboxylic acids is 2. The SMILES string of the molecule is O=C(COC(=O)CCCOc1ccc(Cl)cc1Cl)Nc1ccc(OCc2ccccc2)cc1. The molecule has 0 atom stereocenters. The smallest absolute Gasteiger partial charge is 0.306 e. The standard InChI is InChI=1S/C25H23Cl2NO5/c26-19-8-13-23(22(27)15-19)31-14-4-7-25(30)33-17-24(29)28-20-9-11-21(12-10-20)32-16-18-5-2-1-3-6-18/h1-3,5-6,8-13,15H,4,7,14,16-17H2,(H,28,29). The summed E-state index contributed by atoms with van der Waals surface area (Å²) in [5.41, 5.74) is 1.65. The van der Waals surface area contributed by atoms with E-state index in [0.29, 0.717) is 40.3 Å². The average molecular weight is 488 g/mol. The van der Waals surface area contributed by atoms with E-state index in [1.165, 1.54) is 0 Å². The molecule has 0 heterocycles. The molecule has 0 bridgehead atoms. The molecule has 0 spiro atoms. The van der Waals surface area contributed by atoms with Gasteiger partial charge in [0.1, 0.15) is 18.1 Å². The number of hydrogen-bond donors (Lipinski definition) is 1. The third-order valence-electron chi connectivity index (χ3n) is 4.43. The van der Waals surface area contributed by atoms with Crippen molar-refractivity contribution < 1.29 is 23.8 Å². The van der Waals surface area contributed by atoms with Crippen LogP contribution in [0, 0.1) is 0 Å². The lowest BCUT2D eigenvalue weighted by Crippen LogP contribution is -2.21. The van der Waals surface area contributed by atoms with E-state index in [0.717, 1.165) is 5.56 Å². The van der Waals surface area contributed by atoms with Crippen LogP contribution in [0.25, 0.3) is 0 Å². The minimum absolute atomic E-state index is 0.117. The molecule has 0 aromatic heterocycles. The summed E-state index contributed by atoms with van der Waals surface area (Å²) >= 11 is 11.9. The Morgan fingerprint density at radius 3 is 2.36 bits per heavy atom. The van der Waals surface area contributed by atoms with Gasteiger partial charge in [-0.05, 0) is 54.4 Å². The molecule has 3 aromatic rings.